The highest BCUT2D eigenvalue weighted by molar-refractivity contribution is 7.90. The first-order valence-corrected chi connectivity index (χ1v) is 15.2. The maximum absolute atomic E-state index is 13.2. The molecule has 1 spiro atoms. The third kappa shape index (κ3) is 4.02. The van der Waals surface area contributed by atoms with Gasteiger partial charge in [-0.3, -0.25) is 4.68 Å². The third-order valence-electron chi connectivity index (χ3n) is 9.04. The summed E-state index contributed by atoms with van der Waals surface area (Å²) in [5, 5.41) is 5.31. The first kappa shape index (κ1) is 24.2. The van der Waals surface area contributed by atoms with Crippen molar-refractivity contribution in [3.05, 3.63) is 64.7 Å². The van der Waals surface area contributed by atoms with Crippen LogP contribution in [0.1, 0.15) is 56.6 Å². The van der Waals surface area contributed by atoms with Crippen LogP contribution in [-0.4, -0.2) is 29.0 Å². The predicted octanol–water partition coefficient (Wildman–Crippen LogP) is 6.15. The minimum absolute atomic E-state index is 0.233. The molecule has 1 N–H and O–H groups in total. The number of benzene rings is 2. The zero-order valence-electron chi connectivity index (χ0n) is 21.0. The van der Waals surface area contributed by atoms with Crippen LogP contribution in [0.15, 0.2) is 48.5 Å². The van der Waals surface area contributed by atoms with Gasteiger partial charge in [0.05, 0.1) is 16.6 Å². The molecule has 2 heterocycles. The number of nitrogens with zero attached hydrogens (tertiary/aromatic N) is 2. The van der Waals surface area contributed by atoms with E-state index in [9.17, 15) is 8.42 Å². The maximum atomic E-state index is 13.2. The van der Waals surface area contributed by atoms with Crippen molar-refractivity contribution in [2.75, 3.05) is 0 Å². The molecule has 1 saturated heterocycles. The van der Waals surface area contributed by atoms with Gasteiger partial charge in [0, 0.05) is 23.2 Å². The van der Waals surface area contributed by atoms with Gasteiger partial charge in [0.2, 0.25) is 10.0 Å². The minimum Gasteiger partial charge on any atom is -0.267 e. The Balaban J connectivity index is 1.30. The van der Waals surface area contributed by atoms with Gasteiger partial charge in [0.15, 0.2) is 0 Å². The van der Waals surface area contributed by atoms with Crippen molar-refractivity contribution >= 4 is 21.6 Å². The molecule has 3 aromatic rings. The quantitative estimate of drug-likeness (QED) is 0.446. The van der Waals surface area contributed by atoms with Crippen LogP contribution in [0.25, 0.3) is 22.5 Å². The number of halogens is 1. The second-order valence-electron chi connectivity index (χ2n) is 11.0. The molecule has 2 aliphatic carbocycles. The van der Waals surface area contributed by atoms with E-state index in [1.165, 1.54) is 11.1 Å². The Morgan fingerprint density at radius 1 is 1.00 bits per heavy atom. The molecular weight excluding hydrogens is 490 g/mol. The summed E-state index contributed by atoms with van der Waals surface area (Å²) in [5.41, 5.74) is 6.64. The molecule has 1 unspecified atom stereocenters. The van der Waals surface area contributed by atoms with Gasteiger partial charge in [-0.25, -0.2) is 13.1 Å². The molecule has 1 saturated carbocycles. The average molecular weight is 524 g/mol. The normalized spacial score (nSPS) is 28.7. The van der Waals surface area contributed by atoms with Crippen molar-refractivity contribution in [1.82, 2.24) is 14.5 Å². The Kier molecular flexibility index (Phi) is 6.05. The number of rotatable bonds is 4. The number of hydrogen-bond donors (Lipinski definition) is 1. The van der Waals surface area contributed by atoms with Crippen LogP contribution in [0, 0.1) is 11.8 Å². The molecule has 1 aromatic heterocycles. The molecule has 0 amide bonds. The van der Waals surface area contributed by atoms with Gasteiger partial charge >= 0.3 is 0 Å². The highest BCUT2D eigenvalue weighted by Gasteiger charge is 2.56. The second-order valence-corrected chi connectivity index (χ2v) is 13.4. The summed E-state index contributed by atoms with van der Waals surface area (Å²) in [4.78, 5) is 0. The molecule has 2 aromatic carbocycles. The average Bonchev–Trinajstić information content (AvgIpc) is 3.33. The van der Waals surface area contributed by atoms with Crippen LogP contribution in [0.4, 0.5) is 0 Å². The molecule has 3 aliphatic rings. The van der Waals surface area contributed by atoms with Gasteiger partial charge in [-0.15, -0.1) is 0 Å². The second kappa shape index (κ2) is 9.00. The summed E-state index contributed by atoms with van der Waals surface area (Å²) in [6.45, 7) is 2.07. The molecule has 190 valence electrons. The molecule has 2 bridgehead atoms. The lowest BCUT2D eigenvalue weighted by Crippen LogP contribution is -2.61. The highest BCUT2D eigenvalue weighted by atomic mass is 35.5. The van der Waals surface area contributed by atoms with Crippen LogP contribution in [0.2, 0.25) is 5.02 Å². The summed E-state index contributed by atoms with van der Waals surface area (Å²) in [6.07, 6.45) is 7.51. The lowest BCUT2D eigenvalue weighted by molar-refractivity contribution is 0.188. The van der Waals surface area contributed by atoms with E-state index < -0.39 is 10.0 Å². The van der Waals surface area contributed by atoms with Gasteiger partial charge in [-0.2, -0.15) is 5.10 Å². The fourth-order valence-electron chi connectivity index (χ4n) is 7.17. The molecule has 4 atom stereocenters. The van der Waals surface area contributed by atoms with E-state index in [0.717, 1.165) is 78.9 Å². The maximum Gasteiger partial charge on any atom is 0.215 e. The zero-order valence-corrected chi connectivity index (χ0v) is 22.6. The van der Waals surface area contributed by atoms with E-state index in [0.29, 0.717) is 11.8 Å². The molecule has 6 rings (SSSR count). The standard InChI is InChI=1S/C29H34ClN3O2S/c1-3-4-26-13-14-29(32-36(26,34)35)23-9-10-24(29)17-22-15-21(6-5-20(22)16-23)27-18-28(33(2)31-27)19-7-11-25(30)12-8-19/h5-8,11-12,15,18,23-24,26,32H,3-4,9-10,13-14,16-17H2,1-2H3/t23-,24+,26?,29+/m0/s1. The highest BCUT2D eigenvalue weighted by Crippen LogP contribution is 2.52. The summed E-state index contributed by atoms with van der Waals surface area (Å²) < 4.78 is 31.7. The van der Waals surface area contributed by atoms with E-state index in [1.807, 2.05) is 36.0 Å². The Morgan fingerprint density at radius 3 is 2.39 bits per heavy atom. The first-order chi connectivity index (χ1) is 17.3. The largest absolute Gasteiger partial charge is 0.267 e. The minimum atomic E-state index is -3.28. The molecule has 0 radical (unpaired) electrons. The van der Waals surface area contributed by atoms with Crippen LogP contribution >= 0.6 is 11.6 Å². The zero-order chi connectivity index (χ0) is 25.1. The van der Waals surface area contributed by atoms with E-state index in [4.69, 9.17) is 16.7 Å². The summed E-state index contributed by atoms with van der Waals surface area (Å²) in [7, 11) is -1.30. The van der Waals surface area contributed by atoms with Gasteiger partial charge in [-0.1, -0.05) is 49.2 Å². The van der Waals surface area contributed by atoms with Gasteiger partial charge in [0.1, 0.15) is 0 Å². The van der Waals surface area contributed by atoms with E-state index in [2.05, 4.69) is 35.9 Å². The van der Waals surface area contributed by atoms with Crippen LogP contribution in [-0.2, 0) is 29.9 Å². The van der Waals surface area contributed by atoms with E-state index in [-0.39, 0.29) is 10.8 Å². The predicted molar refractivity (Wildman–Crippen MR) is 145 cm³/mol. The summed E-state index contributed by atoms with van der Waals surface area (Å²) in [5.74, 6) is 0.725. The van der Waals surface area contributed by atoms with Crippen molar-refractivity contribution in [3.63, 3.8) is 0 Å². The summed E-state index contributed by atoms with van der Waals surface area (Å²) >= 11 is 6.08. The number of sulfonamides is 1. The van der Waals surface area contributed by atoms with Crippen molar-refractivity contribution in [2.24, 2.45) is 18.9 Å². The van der Waals surface area contributed by atoms with Gasteiger partial charge in [0.25, 0.3) is 0 Å². The van der Waals surface area contributed by atoms with Crippen molar-refractivity contribution < 1.29 is 8.42 Å². The number of aryl methyl sites for hydroxylation is 1. The van der Waals surface area contributed by atoms with Crippen molar-refractivity contribution in [1.29, 1.82) is 0 Å². The number of fused-ring (bicyclic) bond motifs is 1. The molecule has 2 fully saturated rings. The van der Waals surface area contributed by atoms with Crippen molar-refractivity contribution in [2.45, 2.75) is 69.1 Å². The number of nitrogens with one attached hydrogen (secondary N) is 1. The van der Waals surface area contributed by atoms with Crippen molar-refractivity contribution in [3.8, 4) is 22.5 Å². The van der Waals surface area contributed by atoms with Gasteiger partial charge in [-0.05, 0) is 97.7 Å². The first-order valence-electron chi connectivity index (χ1n) is 13.2. The molecule has 1 aliphatic heterocycles. The molecule has 7 heteroatoms. The Labute approximate surface area is 219 Å². The molecule has 5 nitrogen and oxygen atoms in total. The SMILES string of the molecule is CCCC1CC[C@]2(NS1(=O)=O)[C@@H]1CC[C@H]2Cc2ccc(-c3cc(-c4ccc(Cl)cc4)n(C)n3)cc2C1. The lowest BCUT2D eigenvalue weighted by atomic mass is 9.76. The number of hydrogen-bond acceptors (Lipinski definition) is 3. The van der Waals surface area contributed by atoms with E-state index >= 15 is 0 Å². The van der Waals surface area contributed by atoms with E-state index in [1.54, 1.807) is 0 Å². The van der Waals surface area contributed by atoms with Crippen LogP contribution in [0.3, 0.4) is 0 Å². The molecular formula is C29H34ClN3O2S. The Hall–Kier alpha value is -2.15. The topological polar surface area (TPSA) is 64.0 Å². The van der Waals surface area contributed by atoms with Crippen LogP contribution < -0.4 is 4.72 Å². The molecule has 36 heavy (non-hydrogen) atoms. The number of aromatic nitrogens is 2. The van der Waals surface area contributed by atoms with Gasteiger partial charge < -0.3 is 0 Å². The lowest BCUT2D eigenvalue weighted by Gasteiger charge is -2.45. The monoisotopic (exact) mass is 523 g/mol. The Morgan fingerprint density at radius 2 is 1.69 bits per heavy atom. The smallest absolute Gasteiger partial charge is 0.215 e. The third-order valence-corrected chi connectivity index (χ3v) is 11.3. The fourth-order valence-corrected chi connectivity index (χ4v) is 9.41. The summed E-state index contributed by atoms with van der Waals surface area (Å²) in [6, 6.07) is 16.7. The fraction of sp³-hybridized carbons (Fsp3) is 0.483. The van der Waals surface area contributed by atoms with Crippen LogP contribution in [0.5, 0.6) is 0 Å². The Bertz CT molecular complexity index is 1400.